The Balaban J connectivity index is 2.21. The van der Waals surface area contributed by atoms with Crippen molar-refractivity contribution in [2.24, 2.45) is 0 Å². The van der Waals surface area contributed by atoms with Crippen LogP contribution in [0.25, 0.3) is 0 Å². The standard InChI is InChI=1S/C10H12N4OS/c1-6-12-10(14-13-6)16-7-3-4-8(11)9(5-7)15-2/h3-5H,11H2,1-2H3,(H,12,13,14). The Bertz CT molecular complexity index is 497. The summed E-state index contributed by atoms with van der Waals surface area (Å²) in [6.07, 6.45) is 0. The van der Waals surface area contributed by atoms with Crippen LogP contribution in [0.15, 0.2) is 28.3 Å². The molecule has 0 aliphatic carbocycles. The van der Waals surface area contributed by atoms with Gasteiger partial charge in [-0.3, -0.25) is 5.10 Å². The number of anilines is 1. The number of methoxy groups -OCH3 is 1. The van der Waals surface area contributed by atoms with E-state index in [-0.39, 0.29) is 0 Å². The summed E-state index contributed by atoms with van der Waals surface area (Å²) in [7, 11) is 1.59. The molecule has 0 atom stereocenters. The molecule has 0 fully saturated rings. The number of benzene rings is 1. The highest BCUT2D eigenvalue weighted by atomic mass is 32.2. The third kappa shape index (κ3) is 2.27. The summed E-state index contributed by atoms with van der Waals surface area (Å²) in [6, 6.07) is 5.58. The summed E-state index contributed by atoms with van der Waals surface area (Å²) >= 11 is 1.46. The largest absolute Gasteiger partial charge is 0.495 e. The lowest BCUT2D eigenvalue weighted by atomic mass is 10.3. The number of nitrogens with one attached hydrogen (secondary N) is 1. The second-order valence-corrected chi connectivity index (χ2v) is 4.25. The number of ether oxygens (including phenoxy) is 1. The predicted molar refractivity (Wildman–Crippen MR) is 62.6 cm³/mol. The van der Waals surface area contributed by atoms with E-state index in [9.17, 15) is 0 Å². The molecule has 1 aromatic heterocycles. The Morgan fingerprint density at radius 1 is 1.44 bits per heavy atom. The Kier molecular flexibility index (Phi) is 3.00. The minimum Gasteiger partial charge on any atom is -0.495 e. The lowest BCUT2D eigenvalue weighted by Gasteiger charge is -2.05. The first-order valence-electron chi connectivity index (χ1n) is 4.69. The zero-order valence-corrected chi connectivity index (χ0v) is 9.84. The number of nitrogen functional groups attached to an aromatic ring is 1. The maximum absolute atomic E-state index is 5.73. The summed E-state index contributed by atoms with van der Waals surface area (Å²) in [5, 5.41) is 7.52. The molecule has 1 aromatic carbocycles. The molecular weight excluding hydrogens is 224 g/mol. The third-order valence-electron chi connectivity index (χ3n) is 1.99. The Hall–Kier alpha value is -1.69. The van der Waals surface area contributed by atoms with Crippen LogP contribution in [-0.4, -0.2) is 22.3 Å². The van der Waals surface area contributed by atoms with Crippen molar-refractivity contribution in [1.82, 2.24) is 15.2 Å². The molecule has 0 radical (unpaired) electrons. The van der Waals surface area contributed by atoms with E-state index in [1.807, 2.05) is 19.1 Å². The van der Waals surface area contributed by atoms with Gasteiger partial charge in [0.1, 0.15) is 11.6 Å². The Morgan fingerprint density at radius 2 is 2.25 bits per heavy atom. The average molecular weight is 236 g/mol. The van der Waals surface area contributed by atoms with Crippen LogP contribution in [0.3, 0.4) is 0 Å². The van der Waals surface area contributed by atoms with Gasteiger partial charge >= 0.3 is 0 Å². The smallest absolute Gasteiger partial charge is 0.213 e. The van der Waals surface area contributed by atoms with E-state index in [2.05, 4.69) is 15.2 Å². The summed E-state index contributed by atoms with van der Waals surface area (Å²) in [6.45, 7) is 1.86. The van der Waals surface area contributed by atoms with Crippen LogP contribution in [0.1, 0.15) is 5.82 Å². The topological polar surface area (TPSA) is 76.8 Å². The molecule has 3 N–H and O–H groups in total. The average Bonchev–Trinajstić information content (AvgIpc) is 2.67. The van der Waals surface area contributed by atoms with Crippen molar-refractivity contribution in [2.75, 3.05) is 12.8 Å². The molecule has 5 nitrogen and oxygen atoms in total. The van der Waals surface area contributed by atoms with E-state index in [0.29, 0.717) is 16.6 Å². The van der Waals surface area contributed by atoms with E-state index in [0.717, 1.165) is 10.7 Å². The summed E-state index contributed by atoms with van der Waals surface area (Å²) in [4.78, 5) is 5.20. The first-order chi connectivity index (χ1) is 7.69. The molecule has 0 spiro atoms. The predicted octanol–water partition coefficient (Wildman–Crippen LogP) is 1.86. The Labute approximate surface area is 97.4 Å². The molecular formula is C10H12N4OS. The first-order valence-corrected chi connectivity index (χ1v) is 5.51. The van der Waals surface area contributed by atoms with Crippen LogP contribution in [0.4, 0.5) is 5.69 Å². The quantitative estimate of drug-likeness (QED) is 0.795. The van der Waals surface area contributed by atoms with Crippen LogP contribution in [0.5, 0.6) is 5.75 Å². The van der Waals surface area contributed by atoms with Gasteiger partial charge in [-0.05, 0) is 36.9 Å². The normalized spacial score (nSPS) is 10.4. The molecule has 2 rings (SSSR count). The number of nitrogens with zero attached hydrogens (tertiary/aromatic N) is 2. The van der Waals surface area contributed by atoms with Gasteiger partial charge in [0, 0.05) is 4.90 Å². The second-order valence-electron chi connectivity index (χ2n) is 3.21. The van der Waals surface area contributed by atoms with Crippen LogP contribution < -0.4 is 10.5 Å². The van der Waals surface area contributed by atoms with Crippen LogP contribution in [0.2, 0.25) is 0 Å². The van der Waals surface area contributed by atoms with Gasteiger partial charge < -0.3 is 10.5 Å². The van der Waals surface area contributed by atoms with Crippen molar-refractivity contribution in [3.05, 3.63) is 24.0 Å². The molecule has 0 aliphatic rings. The molecule has 0 unspecified atom stereocenters. The highest BCUT2D eigenvalue weighted by molar-refractivity contribution is 7.99. The van der Waals surface area contributed by atoms with Gasteiger partial charge in [-0.15, -0.1) is 5.10 Å². The molecule has 2 aromatic rings. The number of hydrogen-bond acceptors (Lipinski definition) is 5. The van der Waals surface area contributed by atoms with Crippen molar-refractivity contribution >= 4 is 17.4 Å². The lowest BCUT2D eigenvalue weighted by molar-refractivity contribution is 0.416. The van der Waals surface area contributed by atoms with E-state index in [4.69, 9.17) is 10.5 Å². The molecule has 1 heterocycles. The fourth-order valence-corrected chi connectivity index (χ4v) is 2.01. The van der Waals surface area contributed by atoms with Crippen molar-refractivity contribution in [3.8, 4) is 5.75 Å². The van der Waals surface area contributed by atoms with Gasteiger partial charge in [0.25, 0.3) is 0 Å². The number of hydrogen-bond donors (Lipinski definition) is 2. The number of rotatable bonds is 3. The summed E-state index contributed by atoms with van der Waals surface area (Å²) < 4.78 is 5.14. The number of aromatic nitrogens is 3. The fraction of sp³-hybridized carbons (Fsp3) is 0.200. The van der Waals surface area contributed by atoms with Gasteiger partial charge in [0.05, 0.1) is 12.8 Å². The maximum Gasteiger partial charge on any atom is 0.213 e. The van der Waals surface area contributed by atoms with Crippen molar-refractivity contribution < 1.29 is 4.74 Å². The molecule has 16 heavy (non-hydrogen) atoms. The van der Waals surface area contributed by atoms with Crippen LogP contribution >= 0.6 is 11.8 Å². The van der Waals surface area contributed by atoms with Crippen LogP contribution in [-0.2, 0) is 0 Å². The van der Waals surface area contributed by atoms with Gasteiger partial charge in [0.2, 0.25) is 5.16 Å². The minimum absolute atomic E-state index is 0.623. The number of H-pyrrole nitrogens is 1. The van der Waals surface area contributed by atoms with Crippen molar-refractivity contribution in [3.63, 3.8) is 0 Å². The van der Waals surface area contributed by atoms with Crippen molar-refractivity contribution in [1.29, 1.82) is 0 Å². The first kappa shape index (κ1) is 10.8. The highest BCUT2D eigenvalue weighted by Gasteiger charge is 2.05. The van der Waals surface area contributed by atoms with Gasteiger partial charge in [0.15, 0.2) is 0 Å². The van der Waals surface area contributed by atoms with Crippen LogP contribution in [0, 0.1) is 6.92 Å². The van der Waals surface area contributed by atoms with Crippen molar-refractivity contribution in [2.45, 2.75) is 17.0 Å². The maximum atomic E-state index is 5.73. The third-order valence-corrected chi connectivity index (χ3v) is 2.85. The molecule has 0 amide bonds. The zero-order valence-electron chi connectivity index (χ0n) is 9.02. The molecule has 0 aliphatic heterocycles. The number of aryl methyl sites for hydroxylation is 1. The van der Waals surface area contributed by atoms with E-state index < -0.39 is 0 Å². The minimum atomic E-state index is 0.623. The number of nitrogens with two attached hydrogens (primary N) is 1. The van der Waals surface area contributed by atoms with E-state index in [1.165, 1.54) is 11.8 Å². The highest BCUT2D eigenvalue weighted by Crippen LogP contribution is 2.30. The fourth-order valence-electron chi connectivity index (χ4n) is 1.23. The zero-order chi connectivity index (χ0) is 11.5. The lowest BCUT2D eigenvalue weighted by Crippen LogP contribution is -1.91. The SMILES string of the molecule is COc1cc(Sc2n[nH]c(C)n2)ccc1N. The summed E-state index contributed by atoms with van der Waals surface area (Å²) in [5.41, 5.74) is 6.35. The molecule has 0 saturated heterocycles. The molecule has 0 saturated carbocycles. The van der Waals surface area contributed by atoms with Gasteiger partial charge in [-0.25, -0.2) is 4.98 Å². The summed E-state index contributed by atoms with van der Waals surface area (Å²) in [5.74, 6) is 1.46. The Morgan fingerprint density at radius 3 is 2.88 bits per heavy atom. The molecule has 84 valence electrons. The monoisotopic (exact) mass is 236 g/mol. The second kappa shape index (κ2) is 4.44. The molecule has 6 heteroatoms. The van der Waals surface area contributed by atoms with Gasteiger partial charge in [-0.2, -0.15) is 0 Å². The number of aromatic amines is 1. The molecule has 0 bridgehead atoms. The van der Waals surface area contributed by atoms with E-state index >= 15 is 0 Å². The van der Waals surface area contributed by atoms with Gasteiger partial charge in [-0.1, -0.05) is 0 Å². The van der Waals surface area contributed by atoms with E-state index in [1.54, 1.807) is 13.2 Å².